The predicted octanol–water partition coefficient (Wildman–Crippen LogP) is 0.938. The lowest BCUT2D eigenvalue weighted by Gasteiger charge is -2.29. The summed E-state index contributed by atoms with van der Waals surface area (Å²) >= 11 is 5.84. The molecule has 0 N–H and O–H groups in total. The summed E-state index contributed by atoms with van der Waals surface area (Å²) in [6, 6.07) is 0.318. The molecule has 2 rings (SSSR count). The van der Waals surface area contributed by atoms with E-state index in [4.69, 9.17) is 11.6 Å². The molecule has 5 heteroatoms. The monoisotopic (exact) mass is 186 g/mol. The number of nitrogens with zero attached hydrogens (tertiary/aromatic N) is 4. The molecule has 12 heavy (non-hydrogen) atoms. The molecule has 0 aromatic carbocycles. The van der Waals surface area contributed by atoms with E-state index in [0.29, 0.717) is 11.3 Å². The smallest absolute Gasteiger partial charge is 0.225 e. The maximum Gasteiger partial charge on any atom is 0.225 e. The van der Waals surface area contributed by atoms with Crippen molar-refractivity contribution < 1.29 is 0 Å². The van der Waals surface area contributed by atoms with Crippen molar-refractivity contribution in [2.24, 2.45) is 0 Å². The molecular weight excluding hydrogens is 176 g/mol. The molecule has 1 aromatic rings. The first-order valence-electron chi connectivity index (χ1n) is 3.99. The van der Waals surface area contributed by atoms with Gasteiger partial charge >= 0.3 is 0 Å². The number of rotatable bonds is 0. The van der Waals surface area contributed by atoms with E-state index in [0.717, 1.165) is 18.9 Å². The van der Waals surface area contributed by atoms with Crippen molar-refractivity contribution >= 4 is 11.6 Å². The van der Waals surface area contributed by atoms with Crippen molar-refractivity contribution in [1.29, 1.82) is 0 Å². The summed E-state index contributed by atoms with van der Waals surface area (Å²) in [6.07, 6.45) is 0. The van der Waals surface area contributed by atoms with Crippen LogP contribution in [0.5, 0.6) is 0 Å². The minimum absolute atomic E-state index is 0.318. The average Bonchev–Trinajstić information content (AvgIpc) is 2.41. The van der Waals surface area contributed by atoms with Crippen LogP contribution < -0.4 is 0 Å². The highest BCUT2D eigenvalue weighted by atomic mass is 35.5. The van der Waals surface area contributed by atoms with Gasteiger partial charge in [0.2, 0.25) is 5.28 Å². The Kier molecular flexibility index (Phi) is 1.81. The van der Waals surface area contributed by atoms with Crippen LogP contribution in [-0.4, -0.2) is 33.3 Å². The highest BCUT2D eigenvalue weighted by Gasteiger charge is 2.24. The van der Waals surface area contributed by atoms with E-state index < -0.39 is 0 Å². The first-order valence-corrected chi connectivity index (χ1v) is 4.37. The van der Waals surface area contributed by atoms with Gasteiger partial charge in [-0.25, -0.2) is 0 Å². The summed E-state index contributed by atoms with van der Waals surface area (Å²) < 4.78 is 1.96. The molecular formula is C7H11ClN4. The topological polar surface area (TPSA) is 34.0 Å². The Morgan fingerprint density at radius 3 is 2.92 bits per heavy atom. The molecule has 0 saturated heterocycles. The molecule has 2 heterocycles. The van der Waals surface area contributed by atoms with E-state index in [1.54, 1.807) is 0 Å². The lowest BCUT2D eigenvalue weighted by Crippen LogP contribution is -2.33. The van der Waals surface area contributed by atoms with E-state index in [2.05, 4.69) is 29.1 Å². The van der Waals surface area contributed by atoms with Crippen molar-refractivity contribution in [1.82, 2.24) is 19.7 Å². The molecule has 0 radical (unpaired) electrons. The lowest BCUT2D eigenvalue weighted by atomic mass is 10.2. The molecule has 4 nitrogen and oxygen atoms in total. The minimum atomic E-state index is 0.318. The minimum Gasteiger partial charge on any atom is -0.299 e. The quantitative estimate of drug-likeness (QED) is 0.605. The lowest BCUT2D eigenvalue weighted by molar-refractivity contribution is 0.206. The molecule has 1 atom stereocenters. The van der Waals surface area contributed by atoms with Crippen molar-refractivity contribution in [2.75, 3.05) is 13.6 Å². The standard InChI is InChI=1S/C7H11ClN4/c1-5-6-9-10-7(8)12(6)4-3-11(5)2/h5H,3-4H2,1-2H3. The van der Waals surface area contributed by atoms with Gasteiger partial charge in [0.05, 0.1) is 6.04 Å². The molecule has 66 valence electrons. The molecule has 1 unspecified atom stereocenters. The highest BCUT2D eigenvalue weighted by Crippen LogP contribution is 2.23. The third-order valence-electron chi connectivity index (χ3n) is 2.45. The van der Waals surface area contributed by atoms with Crippen LogP contribution in [0.1, 0.15) is 18.8 Å². The summed E-state index contributed by atoms with van der Waals surface area (Å²) in [5.74, 6) is 0.966. The average molecular weight is 187 g/mol. The summed E-state index contributed by atoms with van der Waals surface area (Å²) in [5, 5.41) is 8.37. The van der Waals surface area contributed by atoms with Crippen LogP contribution >= 0.6 is 11.6 Å². The predicted molar refractivity (Wildman–Crippen MR) is 46.1 cm³/mol. The van der Waals surface area contributed by atoms with E-state index >= 15 is 0 Å². The van der Waals surface area contributed by atoms with Gasteiger partial charge in [0, 0.05) is 13.1 Å². The zero-order chi connectivity index (χ0) is 8.72. The Labute approximate surface area is 76.1 Å². The number of hydrogen-bond donors (Lipinski definition) is 0. The third kappa shape index (κ3) is 1.03. The molecule has 0 aliphatic carbocycles. The fourth-order valence-corrected chi connectivity index (χ4v) is 1.67. The van der Waals surface area contributed by atoms with Gasteiger partial charge in [-0.05, 0) is 25.6 Å². The van der Waals surface area contributed by atoms with Gasteiger partial charge < -0.3 is 0 Å². The zero-order valence-corrected chi connectivity index (χ0v) is 7.91. The van der Waals surface area contributed by atoms with E-state index in [-0.39, 0.29) is 0 Å². The van der Waals surface area contributed by atoms with E-state index in [9.17, 15) is 0 Å². The molecule has 0 saturated carbocycles. The van der Waals surface area contributed by atoms with Crippen molar-refractivity contribution in [3.05, 3.63) is 11.1 Å². The molecule has 0 bridgehead atoms. The van der Waals surface area contributed by atoms with Crippen LogP contribution in [-0.2, 0) is 6.54 Å². The summed E-state index contributed by atoms with van der Waals surface area (Å²) in [5.41, 5.74) is 0. The zero-order valence-electron chi connectivity index (χ0n) is 7.16. The Morgan fingerprint density at radius 2 is 2.17 bits per heavy atom. The summed E-state index contributed by atoms with van der Waals surface area (Å²) in [4.78, 5) is 2.24. The van der Waals surface area contributed by atoms with Gasteiger partial charge in [0.1, 0.15) is 0 Å². The molecule has 1 aliphatic heterocycles. The normalized spacial score (nSPS) is 24.1. The third-order valence-corrected chi connectivity index (χ3v) is 2.73. The van der Waals surface area contributed by atoms with Crippen LogP contribution in [0.4, 0.5) is 0 Å². The molecule has 0 fully saturated rings. The highest BCUT2D eigenvalue weighted by molar-refractivity contribution is 6.28. The van der Waals surface area contributed by atoms with Gasteiger partial charge in [0.25, 0.3) is 0 Å². The second-order valence-electron chi connectivity index (χ2n) is 3.14. The van der Waals surface area contributed by atoms with Crippen LogP contribution in [0, 0.1) is 0 Å². The van der Waals surface area contributed by atoms with Crippen molar-refractivity contribution in [2.45, 2.75) is 19.5 Å². The molecule has 0 amide bonds. The second kappa shape index (κ2) is 2.71. The van der Waals surface area contributed by atoms with E-state index in [1.165, 1.54) is 0 Å². The van der Waals surface area contributed by atoms with Crippen LogP contribution in [0.2, 0.25) is 5.28 Å². The van der Waals surface area contributed by atoms with Gasteiger partial charge in [-0.3, -0.25) is 9.47 Å². The number of halogens is 1. The summed E-state index contributed by atoms with van der Waals surface area (Å²) in [6.45, 7) is 4.00. The Balaban J connectivity index is 2.43. The second-order valence-corrected chi connectivity index (χ2v) is 3.47. The van der Waals surface area contributed by atoms with Crippen LogP contribution in [0.25, 0.3) is 0 Å². The van der Waals surface area contributed by atoms with Crippen LogP contribution in [0.15, 0.2) is 0 Å². The SMILES string of the molecule is CC1c2nnc(Cl)n2CCN1C. The van der Waals surface area contributed by atoms with Gasteiger partial charge in [-0.15, -0.1) is 10.2 Å². The molecule has 1 aliphatic rings. The Hall–Kier alpha value is -0.610. The van der Waals surface area contributed by atoms with Gasteiger partial charge in [0.15, 0.2) is 5.82 Å². The molecule has 1 aromatic heterocycles. The molecule has 0 spiro atoms. The van der Waals surface area contributed by atoms with Gasteiger partial charge in [-0.2, -0.15) is 0 Å². The Bertz CT molecular complexity index is 296. The largest absolute Gasteiger partial charge is 0.299 e. The fourth-order valence-electron chi connectivity index (χ4n) is 1.46. The van der Waals surface area contributed by atoms with Crippen LogP contribution in [0.3, 0.4) is 0 Å². The Morgan fingerprint density at radius 1 is 1.42 bits per heavy atom. The number of hydrogen-bond acceptors (Lipinski definition) is 3. The maximum atomic E-state index is 5.84. The number of aromatic nitrogens is 3. The van der Waals surface area contributed by atoms with E-state index in [1.807, 2.05) is 4.57 Å². The maximum absolute atomic E-state index is 5.84. The summed E-state index contributed by atoms with van der Waals surface area (Å²) in [7, 11) is 2.08. The first kappa shape index (κ1) is 8.01. The first-order chi connectivity index (χ1) is 5.70. The number of fused-ring (bicyclic) bond motifs is 1. The van der Waals surface area contributed by atoms with Crippen molar-refractivity contribution in [3.63, 3.8) is 0 Å². The van der Waals surface area contributed by atoms with Gasteiger partial charge in [-0.1, -0.05) is 0 Å². The fraction of sp³-hybridized carbons (Fsp3) is 0.714. The van der Waals surface area contributed by atoms with Crippen molar-refractivity contribution in [3.8, 4) is 0 Å². The number of likely N-dealkylation sites (N-methyl/N-ethyl adjacent to an activating group) is 1.